The molecule has 2 rings (SSSR count). The first kappa shape index (κ1) is 12.8. The standard InChI is InChI=1S/C13H17N3O2/c17-8-12(9-18)15-7-11-1-3-13(4-2-11)16-6-5-14-10-16/h1-6,10,12,15,17-18H,7-9H2. The van der Waals surface area contributed by atoms with Crippen LogP contribution in [0.25, 0.3) is 5.69 Å². The van der Waals surface area contributed by atoms with Gasteiger partial charge in [0.2, 0.25) is 0 Å². The highest BCUT2D eigenvalue weighted by atomic mass is 16.3. The van der Waals surface area contributed by atoms with Crippen molar-refractivity contribution >= 4 is 0 Å². The fourth-order valence-corrected chi connectivity index (χ4v) is 1.65. The topological polar surface area (TPSA) is 70.3 Å². The summed E-state index contributed by atoms with van der Waals surface area (Å²) in [5.74, 6) is 0. The van der Waals surface area contributed by atoms with E-state index in [-0.39, 0.29) is 19.3 Å². The molecule has 0 aliphatic carbocycles. The van der Waals surface area contributed by atoms with E-state index in [9.17, 15) is 0 Å². The van der Waals surface area contributed by atoms with E-state index in [4.69, 9.17) is 10.2 Å². The molecule has 96 valence electrons. The summed E-state index contributed by atoms with van der Waals surface area (Å²) in [6, 6.07) is 7.76. The highest BCUT2D eigenvalue weighted by Gasteiger charge is 2.04. The average molecular weight is 247 g/mol. The zero-order chi connectivity index (χ0) is 12.8. The zero-order valence-corrected chi connectivity index (χ0v) is 10.0. The molecule has 1 aromatic heterocycles. The first-order valence-electron chi connectivity index (χ1n) is 5.86. The average Bonchev–Trinajstić information content (AvgIpc) is 2.94. The zero-order valence-electron chi connectivity index (χ0n) is 10.0. The molecular weight excluding hydrogens is 230 g/mol. The number of rotatable bonds is 6. The third-order valence-electron chi connectivity index (χ3n) is 2.77. The van der Waals surface area contributed by atoms with Gasteiger partial charge in [-0.25, -0.2) is 4.98 Å². The van der Waals surface area contributed by atoms with Crippen molar-refractivity contribution in [2.45, 2.75) is 12.6 Å². The molecule has 0 amide bonds. The number of nitrogens with one attached hydrogen (secondary N) is 1. The van der Waals surface area contributed by atoms with E-state index in [0.717, 1.165) is 11.3 Å². The van der Waals surface area contributed by atoms with Crippen molar-refractivity contribution in [3.05, 3.63) is 48.5 Å². The van der Waals surface area contributed by atoms with Gasteiger partial charge in [-0.05, 0) is 17.7 Å². The molecule has 1 aromatic carbocycles. The normalized spacial score (nSPS) is 11.1. The lowest BCUT2D eigenvalue weighted by atomic mass is 10.2. The van der Waals surface area contributed by atoms with Crippen molar-refractivity contribution in [1.82, 2.24) is 14.9 Å². The SMILES string of the molecule is OCC(CO)NCc1ccc(-n2ccnc2)cc1. The Labute approximate surface area is 106 Å². The molecule has 18 heavy (non-hydrogen) atoms. The maximum absolute atomic E-state index is 8.94. The van der Waals surface area contributed by atoms with Crippen molar-refractivity contribution in [3.63, 3.8) is 0 Å². The van der Waals surface area contributed by atoms with Gasteiger partial charge in [-0.1, -0.05) is 12.1 Å². The van der Waals surface area contributed by atoms with Gasteiger partial charge >= 0.3 is 0 Å². The summed E-state index contributed by atoms with van der Waals surface area (Å²) >= 11 is 0. The third kappa shape index (κ3) is 3.16. The lowest BCUT2D eigenvalue weighted by Gasteiger charge is -2.13. The maximum Gasteiger partial charge on any atom is 0.0991 e. The Morgan fingerprint density at radius 1 is 1.17 bits per heavy atom. The first-order chi connectivity index (χ1) is 8.83. The van der Waals surface area contributed by atoms with E-state index in [0.29, 0.717) is 6.54 Å². The summed E-state index contributed by atoms with van der Waals surface area (Å²) in [6.45, 7) is 0.489. The summed E-state index contributed by atoms with van der Waals surface area (Å²) in [4.78, 5) is 4.00. The Bertz CT molecular complexity index is 450. The predicted octanol–water partition coefficient (Wildman–Crippen LogP) is 0.315. The first-order valence-corrected chi connectivity index (χ1v) is 5.86. The molecule has 0 radical (unpaired) electrons. The quantitative estimate of drug-likeness (QED) is 0.687. The van der Waals surface area contributed by atoms with Crippen LogP contribution in [0.15, 0.2) is 43.0 Å². The van der Waals surface area contributed by atoms with E-state index in [1.165, 1.54) is 0 Å². The highest BCUT2D eigenvalue weighted by Crippen LogP contribution is 2.09. The van der Waals surface area contributed by atoms with E-state index in [1.807, 2.05) is 35.0 Å². The monoisotopic (exact) mass is 247 g/mol. The number of aliphatic hydroxyl groups excluding tert-OH is 2. The number of nitrogens with zero attached hydrogens (tertiary/aromatic N) is 2. The third-order valence-corrected chi connectivity index (χ3v) is 2.77. The number of imidazole rings is 1. The highest BCUT2D eigenvalue weighted by molar-refractivity contribution is 5.34. The molecule has 0 unspecified atom stereocenters. The van der Waals surface area contributed by atoms with Crippen LogP contribution in [0.2, 0.25) is 0 Å². The van der Waals surface area contributed by atoms with Crippen LogP contribution in [0.3, 0.4) is 0 Å². The molecule has 3 N–H and O–H groups in total. The smallest absolute Gasteiger partial charge is 0.0991 e. The van der Waals surface area contributed by atoms with E-state index in [2.05, 4.69) is 10.3 Å². The van der Waals surface area contributed by atoms with E-state index < -0.39 is 0 Å². The van der Waals surface area contributed by atoms with Crippen LogP contribution in [-0.4, -0.2) is 39.0 Å². The molecule has 5 heteroatoms. The molecule has 0 atom stereocenters. The minimum Gasteiger partial charge on any atom is -0.395 e. The number of hydrogen-bond donors (Lipinski definition) is 3. The Balaban J connectivity index is 1.96. The summed E-state index contributed by atoms with van der Waals surface area (Å²) in [5.41, 5.74) is 2.16. The van der Waals surface area contributed by atoms with Crippen LogP contribution in [0.4, 0.5) is 0 Å². The van der Waals surface area contributed by atoms with Gasteiger partial charge in [0.05, 0.1) is 25.6 Å². The second-order valence-electron chi connectivity index (χ2n) is 4.08. The Kier molecular flexibility index (Phi) is 4.46. The van der Waals surface area contributed by atoms with E-state index >= 15 is 0 Å². The molecule has 2 aromatic rings. The van der Waals surface area contributed by atoms with Gasteiger partial charge in [0.15, 0.2) is 0 Å². The summed E-state index contributed by atoms with van der Waals surface area (Å²) < 4.78 is 1.93. The molecule has 0 saturated heterocycles. The molecule has 0 spiro atoms. The van der Waals surface area contributed by atoms with Crippen LogP contribution in [0, 0.1) is 0 Å². The van der Waals surface area contributed by atoms with Crippen molar-refractivity contribution in [3.8, 4) is 5.69 Å². The van der Waals surface area contributed by atoms with Gasteiger partial charge in [0.1, 0.15) is 0 Å². The molecule has 0 bridgehead atoms. The summed E-state index contributed by atoms with van der Waals surface area (Å²) in [5, 5.41) is 21.0. The predicted molar refractivity (Wildman–Crippen MR) is 68.4 cm³/mol. The van der Waals surface area contributed by atoms with Crippen LogP contribution >= 0.6 is 0 Å². The van der Waals surface area contributed by atoms with Gasteiger partial charge in [0, 0.05) is 24.6 Å². The number of benzene rings is 1. The fourth-order valence-electron chi connectivity index (χ4n) is 1.65. The van der Waals surface area contributed by atoms with Crippen molar-refractivity contribution < 1.29 is 10.2 Å². The molecular formula is C13H17N3O2. The largest absolute Gasteiger partial charge is 0.395 e. The number of hydrogen-bond acceptors (Lipinski definition) is 4. The Hall–Kier alpha value is -1.69. The molecule has 1 heterocycles. The van der Waals surface area contributed by atoms with Crippen molar-refractivity contribution in [2.24, 2.45) is 0 Å². The maximum atomic E-state index is 8.94. The van der Waals surface area contributed by atoms with Crippen LogP contribution in [0.1, 0.15) is 5.56 Å². The van der Waals surface area contributed by atoms with Crippen molar-refractivity contribution in [2.75, 3.05) is 13.2 Å². The second-order valence-corrected chi connectivity index (χ2v) is 4.08. The molecule has 5 nitrogen and oxygen atoms in total. The number of aliphatic hydroxyl groups is 2. The summed E-state index contributed by atoms with van der Waals surface area (Å²) in [7, 11) is 0. The molecule has 0 aliphatic heterocycles. The lowest BCUT2D eigenvalue weighted by molar-refractivity contribution is 0.170. The van der Waals surface area contributed by atoms with E-state index in [1.54, 1.807) is 12.5 Å². The fraction of sp³-hybridized carbons (Fsp3) is 0.308. The van der Waals surface area contributed by atoms with Gasteiger partial charge in [0.25, 0.3) is 0 Å². The molecule has 0 saturated carbocycles. The van der Waals surface area contributed by atoms with Gasteiger partial charge in [-0.15, -0.1) is 0 Å². The second kappa shape index (κ2) is 6.30. The minimum absolute atomic E-state index is 0.0659. The molecule has 0 aliphatic rings. The van der Waals surface area contributed by atoms with Gasteiger partial charge < -0.3 is 20.1 Å². The van der Waals surface area contributed by atoms with Gasteiger partial charge in [-0.3, -0.25) is 0 Å². The Morgan fingerprint density at radius 3 is 2.44 bits per heavy atom. The van der Waals surface area contributed by atoms with Crippen LogP contribution in [0.5, 0.6) is 0 Å². The van der Waals surface area contributed by atoms with Gasteiger partial charge in [-0.2, -0.15) is 0 Å². The van der Waals surface area contributed by atoms with Crippen LogP contribution in [-0.2, 0) is 6.54 Å². The van der Waals surface area contributed by atoms with Crippen molar-refractivity contribution in [1.29, 1.82) is 0 Å². The lowest BCUT2D eigenvalue weighted by Crippen LogP contribution is -2.35. The Morgan fingerprint density at radius 2 is 1.89 bits per heavy atom. The van der Waals surface area contributed by atoms with Crippen LogP contribution < -0.4 is 5.32 Å². The molecule has 0 fully saturated rings. The number of aromatic nitrogens is 2. The minimum atomic E-state index is -0.265. The summed E-state index contributed by atoms with van der Waals surface area (Å²) in [6.07, 6.45) is 5.38.